The summed E-state index contributed by atoms with van der Waals surface area (Å²) in [6, 6.07) is 75.9. The molecule has 78 heavy (non-hydrogen) atoms. The maximum absolute atomic E-state index is 6.85. The molecular formula is C74H64N2O2. The Morgan fingerprint density at radius 1 is 0.282 bits per heavy atom. The van der Waals surface area contributed by atoms with Crippen LogP contribution in [0.25, 0.3) is 87.7 Å². The fourth-order valence-corrected chi connectivity index (χ4v) is 11.6. The molecule has 0 saturated carbocycles. The Labute approximate surface area is 457 Å². The van der Waals surface area contributed by atoms with Gasteiger partial charge in [0.25, 0.3) is 0 Å². The Balaban J connectivity index is 0.912. The van der Waals surface area contributed by atoms with Crippen molar-refractivity contribution in [1.29, 1.82) is 0 Å². The van der Waals surface area contributed by atoms with Crippen LogP contribution < -0.4 is 9.80 Å². The van der Waals surface area contributed by atoms with Crippen LogP contribution in [0.4, 0.5) is 34.1 Å². The monoisotopic (exact) mass is 1010 g/mol. The number of nitrogens with zero attached hydrogens (tertiary/aromatic N) is 2. The van der Waals surface area contributed by atoms with Gasteiger partial charge in [0.05, 0.1) is 0 Å². The van der Waals surface area contributed by atoms with Crippen LogP contribution in [0, 0.1) is 27.7 Å². The van der Waals surface area contributed by atoms with Gasteiger partial charge >= 0.3 is 0 Å². The highest BCUT2D eigenvalue weighted by atomic mass is 16.3. The molecule has 13 aromatic rings. The third-order valence-electron chi connectivity index (χ3n) is 16.2. The first kappa shape index (κ1) is 48.8. The number of anilines is 6. The van der Waals surface area contributed by atoms with Crippen LogP contribution in [0.2, 0.25) is 0 Å². The SMILES string of the molecule is Cc1ccc(-c2ccccc2)cc1N(c1ccc2cc3c(cc2c1)oc1cc2c(cc13)oc1cc3cc(N(c4cc(-c5ccccc5)ccc4C)c4cc(C(C)(C)C)ccc4C)ccc3cc12)c1cc(C(C)(C)C)ccc1C. The summed E-state index contributed by atoms with van der Waals surface area (Å²) in [5, 5.41) is 8.72. The Morgan fingerprint density at radius 2 is 0.628 bits per heavy atom. The smallest absolute Gasteiger partial charge is 0.136 e. The molecule has 0 aliphatic rings. The van der Waals surface area contributed by atoms with Crippen LogP contribution >= 0.6 is 0 Å². The summed E-state index contributed by atoms with van der Waals surface area (Å²) >= 11 is 0. The molecule has 0 atom stereocenters. The van der Waals surface area contributed by atoms with Crippen LogP contribution in [-0.2, 0) is 10.8 Å². The van der Waals surface area contributed by atoms with Crippen molar-refractivity contribution in [3.63, 3.8) is 0 Å². The fourth-order valence-electron chi connectivity index (χ4n) is 11.6. The lowest BCUT2D eigenvalue weighted by atomic mass is 9.86. The van der Waals surface area contributed by atoms with Crippen LogP contribution in [0.15, 0.2) is 215 Å². The van der Waals surface area contributed by atoms with E-state index >= 15 is 0 Å². The number of benzene rings is 11. The van der Waals surface area contributed by atoms with Crippen molar-refractivity contribution in [3.05, 3.63) is 240 Å². The standard InChI is InChI=1S/C74H64N2O2/c1-45-21-25-53(49-17-13-11-14-18-49)37-65(45)75(67-41-57(73(5,6)7)29-23-47(67)3)59-31-27-51-35-61-63-43-72-64(44-71(63)77-69(61)39-55(51)33-59)62-36-52-28-32-60(34-56(52)40-70(62)78-72)76(68-42-58(74(8,9)10)30-24-48(68)4)66-38-54(26-22-46(66)2)50-19-15-12-16-20-50/h11-44H,1-10H3. The largest absolute Gasteiger partial charge is 0.456 e. The number of rotatable bonds is 8. The number of fused-ring (bicyclic) bond motifs is 8. The zero-order chi connectivity index (χ0) is 53.8. The van der Waals surface area contributed by atoms with Crippen LogP contribution in [-0.4, -0.2) is 0 Å². The lowest BCUT2D eigenvalue weighted by Crippen LogP contribution is -2.16. The maximum atomic E-state index is 6.85. The molecule has 4 nitrogen and oxygen atoms in total. The van der Waals surface area contributed by atoms with Gasteiger partial charge in [-0.2, -0.15) is 0 Å². The van der Waals surface area contributed by atoms with Gasteiger partial charge in [0.2, 0.25) is 0 Å². The van der Waals surface area contributed by atoms with E-state index in [1.165, 1.54) is 67.0 Å². The first-order chi connectivity index (χ1) is 37.5. The molecule has 0 bridgehead atoms. The molecule has 0 aliphatic carbocycles. The fraction of sp³-hybridized carbons (Fsp3) is 0.162. The van der Waals surface area contributed by atoms with E-state index in [2.05, 4.69) is 285 Å². The van der Waals surface area contributed by atoms with E-state index in [4.69, 9.17) is 8.83 Å². The third kappa shape index (κ3) is 8.57. The predicted octanol–water partition coefficient (Wildman–Crippen LogP) is 21.9. The molecule has 0 aliphatic heterocycles. The molecule has 0 unspecified atom stereocenters. The van der Waals surface area contributed by atoms with Gasteiger partial charge in [0, 0.05) is 55.7 Å². The summed E-state index contributed by atoms with van der Waals surface area (Å²) in [7, 11) is 0. The van der Waals surface area contributed by atoms with Crippen LogP contribution in [0.3, 0.4) is 0 Å². The average molecular weight is 1010 g/mol. The van der Waals surface area contributed by atoms with Crippen molar-refractivity contribution < 1.29 is 8.83 Å². The highest BCUT2D eigenvalue weighted by Crippen LogP contribution is 2.47. The van der Waals surface area contributed by atoms with Crippen molar-refractivity contribution in [2.24, 2.45) is 0 Å². The minimum Gasteiger partial charge on any atom is -0.456 e. The quantitative estimate of drug-likeness (QED) is 0.152. The van der Waals surface area contributed by atoms with E-state index in [-0.39, 0.29) is 10.8 Å². The van der Waals surface area contributed by atoms with Crippen molar-refractivity contribution >= 4 is 99.5 Å². The summed E-state index contributed by atoms with van der Waals surface area (Å²) in [6.07, 6.45) is 0. The predicted molar refractivity (Wildman–Crippen MR) is 333 cm³/mol. The normalized spacial score (nSPS) is 12.2. The van der Waals surface area contributed by atoms with E-state index < -0.39 is 0 Å². The van der Waals surface area contributed by atoms with Crippen LogP contribution in [0.5, 0.6) is 0 Å². The van der Waals surface area contributed by atoms with Gasteiger partial charge in [-0.3, -0.25) is 0 Å². The highest BCUT2D eigenvalue weighted by Gasteiger charge is 2.25. The highest BCUT2D eigenvalue weighted by molar-refractivity contribution is 6.18. The van der Waals surface area contributed by atoms with Gasteiger partial charge in [0.15, 0.2) is 0 Å². The van der Waals surface area contributed by atoms with Gasteiger partial charge in [-0.15, -0.1) is 0 Å². The molecule has 0 N–H and O–H groups in total. The molecule has 4 heteroatoms. The Morgan fingerprint density at radius 3 is 1.01 bits per heavy atom. The zero-order valence-electron chi connectivity index (χ0n) is 46.3. The van der Waals surface area contributed by atoms with Gasteiger partial charge in [0.1, 0.15) is 22.3 Å². The second-order valence-corrected chi connectivity index (χ2v) is 23.7. The first-order valence-corrected chi connectivity index (χ1v) is 27.4. The molecule has 0 spiro atoms. The van der Waals surface area contributed by atoms with Gasteiger partial charge in [-0.05, 0) is 201 Å². The number of hydrogen-bond donors (Lipinski definition) is 0. The Hall–Kier alpha value is -8.86. The Bertz CT molecular complexity index is 4220. The molecule has 0 amide bonds. The summed E-state index contributed by atoms with van der Waals surface area (Å²) < 4.78 is 13.7. The number of furan rings is 2. The molecule has 0 radical (unpaired) electrons. The molecular weight excluding hydrogens is 949 g/mol. The van der Waals surface area contributed by atoms with E-state index in [0.717, 1.165) is 88.2 Å². The second kappa shape index (κ2) is 18.4. The molecule has 0 saturated heterocycles. The van der Waals surface area contributed by atoms with E-state index in [1.807, 2.05) is 0 Å². The minimum atomic E-state index is -0.0189. The van der Waals surface area contributed by atoms with E-state index in [1.54, 1.807) is 0 Å². The summed E-state index contributed by atoms with van der Waals surface area (Å²) in [6.45, 7) is 22.6. The summed E-state index contributed by atoms with van der Waals surface area (Å²) in [5.41, 5.74) is 22.3. The minimum absolute atomic E-state index is 0.0189. The lowest BCUT2D eigenvalue weighted by molar-refractivity contribution is 0.590. The summed E-state index contributed by atoms with van der Waals surface area (Å²) in [4.78, 5) is 4.90. The molecule has 382 valence electrons. The number of hydrogen-bond acceptors (Lipinski definition) is 4. The summed E-state index contributed by atoms with van der Waals surface area (Å²) in [5.74, 6) is 0. The Kier molecular flexibility index (Phi) is 11.5. The molecule has 0 fully saturated rings. The van der Waals surface area contributed by atoms with E-state index in [0.29, 0.717) is 0 Å². The lowest BCUT2D eigenvalue weighted by Gasteiger charge is -2.31. The van der Waals surface area contributed by atoms with Gasteiger partial charge in [-0.25, -0.2) is 0 Å². The topological polar surface area (TPSA) is 32.8 Å². The van der Waals surface area contributed by atoms with Crippen LogP contribution in [0.1, 0.15) is 74.9 Å². The van der Waals surface area contributed by atoms with Gasteiger partial charge in [-0.1, -0.05) is 163 Å². The van der Waals surface area contributed by atoms with Crippen molar-refractivity contribution in [2.75, 3.05) is 9.80 Å². The molecule has 2 heterocycles. The van der Waals surface area contributed by atoms with Crippen molar-refractivity contribution in [2.45, 2.75) is 80.1 Å². The second-order valence-electron chi connectivity index (χ2n) is 23.7. The van der Waals surface area contributed by atoms with Crippen molar-refractivity contribution in [3.8, 4) is 22.3 Å². The first-order valence-electron chi connectivity index (χ1n) is 27.4. The molecule has 13 rings (SSSR count). The third-order valence-corrected chi connectivity index (χ3v) is 16.2. The van der Waals surface area contributed by atoms with Gasteiger partial charge < -0.3 is 18.6 Å². The van der Waals surface area contributed by atoms with E-state index in [9.17, 15) is 0 Å². The van der Waals surface area contributed by atoms with Crippen molar-refractivity contribution in [1.82, 2.24) is 0 Å². The zero-order valence-corrected chi connectivity index (χ0v) is 46.3. The average Bonchev–Trinajstić information content (AvgIpc) is 4.00. The molecule has 2 aromatic heterocycles. The number of aryl methyl sites for hydroxylation is 4. The molecule has 11 aromatic carbocycles. The maximum Gasteiger partial charge on any atom is 0.136 e.